The lowest BCUT2D eigenvalue weighted by Crippen LogP contribution is -2.05. The number of methoxy groups -OCH3 is 4. The lowest BCUT2D eigenvalue weighted by Gasteiger charge is -2.16. The smallest absolute Gasteiger partial charge is 0.115 e. The highest BCUT2D eigenvalue weighted by atomic mass is 16.5. The zero-order chi connectivity index (χ0) is 66.0. The van der Waals surface area contributed by atoms with E-state index in [1.165, 1.54) is 105 Å². The number of aromatic hydroxyl groups is 2. The molecule has 0 amide bonds. The largest absolute Gasteiger partial charge is 0.508 e. The Balaban J connectivity index is 0.000000176. The van der Waals surface area contributed by atoms with Crippen molar-refractivity contribution in [3.63, 3.8) is 0 Å². The summed E-state index contributed by atoms with van der Waals surface area (Å²) >= 11 is 0. The highest BCUT2D eigenvalue weighted by Gasteiger charge is 2.70. The van der Waals surface area contributed by atoms with E-state index in [-0.39, 0.29) is 0 Å². The molecule has 0 aromatic heterocycles. The topological polar surface area (TPSA) is 77.4 Å². The summed E-state index contributed by atoms with van der Waals surface area (Å²) in [6.45, 7) is 20.0. The number of phenolic OH excluding ortho intramolecular Hbond substituents is 2. The number of ether oxygens (including phenoxy) is 4. The van der Waals surface area contributed by atoms with Crippen molar-refractivity contribution in [1.29, 1.82) is 0 Å². The van der Waals surface area contributed by atoms with Gasteiger partial charge in [-0.25, -0.2) is 0 Å². The third-order valence-corrected chi connectivity index (χ3v) is 18.8. The minimum atomic E-state index is 0.344. The molecular weight excluding hydrogens is 1120 g/mol. The van der Waals surface area contributed by atoms with Crippen LogP contribution in [0.5, 0.6) is 11.5 Å². The summed E-state index contributed by atoms with van der Waals surface area (Å²) < 4.78 is 17.8. The summed E-state index contributed by atoms with van der Waals surface area (Å²) in [5.74, 6) is 19.4. The van der Waals surface area contributed by atoms with E-state index in [4.69, 9.17) is 35.9 Å². The molecule has 8 unspecified atom stereocenters. The number of hydrogen-bond donors (Lipinski definition) is 2. The molecule has 0 spiro atoms. The molecule has 91 heavy (non-hydrogen) atoms. The summed E-state index contributed by atoms with van der Waals surface area (Å²) in [7, 11) is 6.28. The van der Waals surface area contributed by atoms with Crippen LogP contribution in [0, 0.1) is 84.9 Å². The molecule has 0 radical (unpaired) electrons. The Hall–Kier alpha value is -8.56. The van der Waals surface area contributed by atoms with E-state index in [0.717, 1.165) is 30.6 Å². The number of rotatable bonds is 8. The highest BCUT2D eigenvalue weighted by molar-refractivity contribution is 6.39. The zero-order valence-corrected chi connectivity index (χ0v) is 55.9. The second-order valence-corrected chi connectivity index (χ2v) is 24.1. The molecule has 472 valence electrons. The molecule has 6 heteroatoms. The fourth-order valence-electron chi connectivity index (χ4n) is 13.7. The van der Waals surface area contributed by atoms with Gasteiger partial charge in [-0.15, -0.1) is 25.7 Å². The van der Waals surface area contributed by atoms with E-state index in [2.05, 4.69) is 231 Å². The summed E-state index contributed by atoms with van der Waals surface area (Å²) in [6, 6.07) is 63.5. The molecule has 15 rings (SSSR count). The zero-order valence-electron chi connectivity index (χ0n) is 55.9. The van der Waals surface area contributed by atoms with E-state index in [0.29, 0.717) is 61.6 Å². The molecule has 2 N–H and O–H groups in total. The first-order valence-electron chi connectivity index (χ1n) is 32.1. The Kier molecular flexibility index (Phi) is 28.5. The highest BCUT2D eigenvalue weighted by Crippen LogP contribution is 2.75. The lowest BCUT2D eigenvalue weighted by atomic mass is 9.87. The molecule has 10 aromatic carbocycles. The second-order valence-electron chi connectivity index (χ2n) is 24.1. The third-order valence-electron chi connectivity index (χ3n) is 18.8. The van der Waals surface area contributed by atoms with Gasteiger partial charge < -0.3 is 29.2 Å². The maximum absolute atomic E-state index is 9.01. The number of terminal acetylenes is 4. The predicted octanol–water partition coefficient (Wildman–Crippen LogP) is 20.5. The van der Waals surface area contributed by atoms with E-state index < -0.39 is 0 Å². The first kappa shape index (κ1) is 71.5. The molecular formula is C85H96O6. The van der Waals surface area contributed by atoms with Crippen molar-refractivity contribution in [3.8, 4) is 60.9 Å². The molecule has 4 saturated carbocycles. The maximum Gasteiger partial charge on any atom is 0.115 e. The monoisotopic (exact) mass is 1210 g/mol. The average molecular weight is 1210 g/mol. The molecule has 10 aromatic rings. The van der Waals surface area contributed by atoms with Gasteiger partial charge in [-0.2, -0.15) is 0 Å². The molecule has 0 heterocycles. The Bertz CT molecular complexity index is 3660. The van der Waals surface area contributed by atoms with Crippen LogP contribution in [0.15, 0.2) is 182 Å². The molecule has 4 bridgehead atoms. The molecule has 0 saturated heterocycles. The molecule has 6 nitrogen and oxygen atoms in total. The summed E-state index contributed by atoms with van der Waals surface area (Å²) in [4.78, 5) is 0. The van der Waals surface area contributed by atoms with Gasteiger partial charge in [0.1, 0.15) is 37.9 Å². The summed E-state index contributed by atoms with van der Waals surface area (Å²) in [5, 5.41) is 34.3. The van der Waals surface area contributed by atoms with Gasteiger partial charge in [0.2, 0.25) is 0 Å². The van der Waals surface area contributed by atoms with Gasteiger partial charge in [0.05, 0.1) is 0 Å². The van der Waals surface area contributed by atoms with Gasteiger partial charge in [0.15, 0.2) is 0 Å². The Morgan fingerprint density at radius 1 is 0.385 bits per heavy atom. The minimum absolute atomic E-state index is 0.344. The van der Waals surface area contributed by atoms with E-state index in [1.807, 2.05) is 24.3 Å². The van der Waals surface area contributed by atoms with Crippen molar-refractivity contribution in [3.05, 3.63) is 204 Å². The summed E-state index contributed by atoms with van der Waals surface area (Å²) in [5.41, 5.74) is 5.66. The van der Waals surface area contributed by atoms with E-state index in [9.17, 15) is 0 Å². The van der Waals surface area contributed by atoms with Crippen LogP contribution < -0.4 is 0 Å². The van der Waals surface area contributed by atoms with Crippen molar-refractivity contribution in [1.82, 2.24) is 0 Å². The van der Waals surface area contributed by atoms with Crippen LogP contribution in [0.25, 0.3) is 64.6 Å². The molecule has 0 aliphatic heterocycles. The first-order valence-corrected chi connectivity index (χ1v) is 32.1. The van der Waals surface area contributed by atoms with Crippen LogP contribution in [0.2, 0.25) is 0 Å². The van der Waals surface area contributed by atoms with Crippen LogP contribution in [-0.4, -0.2) is 65.1 Å². The maximum atomic E-state index is 9.01. The number of phenols is 2. The Morgan fingerprint density at radius 2 is 0.670 bits per heavy atom. The number of benzene rings is 10. The van der Waals surface area contributed by atoms with Crippen molar-refractivity contribution in [2.24, 2.45) is 35.5 Å². The van der Waals surface area contributed by atoms with Crippen molar-refractivity contribution in [2.45, 2.75) is 98.3 Å². The fourth-order valence-corrected chi connectivity index (χ4v) is 13.7. The van der Waals surface area contributed by atoms with Crippen LogP contribution in [0.3, 0.4) is 0 Å². The molecule has 5 aliphatic carbocycles. The standard InChI is InChI=1S/C26H16.C14H14.2C10H14O.C9H14.4C4H6O/c1-5-13-21-17(9-1)18-10-2-6-14-22(18)26-24-16-8-4-12-20(24)19-11-3-7-15-23(19)25(21)26;1-9-10(2)13-8-4-6-11-5-3-7-12(9)14(11)13;2*1-3-8(2)9-4-6-10(11)7-5-9;1-4-6-3-7-8(4)9(7)5(6)2;4*1-3-4-5-2/h1-16H;3-10H,1-2H3;2*4-8,11H,3H2,1-2H3;4-9H,3H2,1-2H3;4*1H,4H2,2H3. The van der Waals surface area contributed by atoms with Gasteiger partial charge >= 0.3 is 0 Å². The number of fused-ring (bicyclic) bond motifs is 11. The third kappa shape index (κ3) is 17.9. The Morgan fingerprint density at radius 3 is 0.879 bits per heavy atom. The summed E-state index contributed by atoms with van der Waals surface area (Å²) in [6.07, 6.45) is 22.9. The van der Waals surface area contributed by atoms with Gasteiger partial charge in [-0.05, 0) is 190 Å². The molecule has 4 fully saturated rings. The second kappa shape index (κ2) is 36.3. The van der Waals surface area contributed by atoms with Gasteiger partial charge in [-0.1, -0.05) is 237 Å². The van der Waals surface area contributed by atoms with Crippen LogP contribution in [0.1, 0.15) is 121 Å². The van der Waals surface area contributed by atoms with Crippen LogP contribution in [0.4, 0.5) is 0 Å². The van der Waals surface area contributed by atoms with Gasteiger partial charge in [-0.3, -0.25) is 0 Å². The quantitative estimate of drug-likeness (QED) is 0.117. The molecule has 5 aliphatic rings. The predicted molar refractivity (Wildman–Crippen MR) is 388 cm³/mol. The van der Waals surface area contributed by atoms with Crippen LogP contribution in [-0.2, 0) is 18.9 Å². The minimum Gasteiger partial charge on any atom is -0.508 e. The average Bonchev–Trinajstić information content (AvgIpc) is 1.56. The first-order chi connectivity index (χ1) is 44.2. The van der Waals surface area contributed by atoms with E-state index in [1.54, 1.807) is 59.1 Å². The lowest BCUT2D eigenvalue weighted by molar-refractivity contribution is 0.240. The van der Waals surface area contributed by atoms with Gasteiger partial charge in [0.25, 0.3) is 0 Å². The van der Waals surface area contributed by atoms with Crippen LogP contribution >= 0.6 is 0 Å². The van der Waals surface area contributed by atoms with Gasteiger partial charge in [0, 0.05) is 28.4 Å². The fraction of sp³-hybridized carbons (Fsp3) is 0.341. The number of hydrogen-bond acceptors (Lipinski definition) is 6. The van der Waals surface area contributed by atoms with Crippen molar-refractivity contribution < 1.29 is 29.2 Å². The normalized spacial score (nSPS) is 19.1. The SMILES string of the molecule is C#CCOC.C#CCOC.C#CCOC.C#CCOC.CC1C2CC3C1C3C2C.CC1c2cccc3cccc(c23)C1C.CCC(C)c1ccc(O)cc1.CCC(C)c1ccc(O)cc1.c1ccc2c(c1)c1ccccc1c1c3ccccc3c3ccccc3c21. The Labute approximate surface area is 544 Å². The van der Waals surface area contributed by atoms with E-state index >= 15 is 0 Å². The molecule has 8 atom stereocenters. The van der Waals surface area contributed by atoms with Crippen molar-refractivity contribution in [2.75, 3.05) is 54.9 Å². The van der Waals surface area contributed by atoms with Crippen molar-refractivity contribution >= 4 is 64.6 Å².